The summed E-state index contributed by atoms with van der Waals surface area (Å²) in [6.07, 6.45) is 6.33. The maximum absolute atomic E-state index is 13.4. The number of benzene rings is 1. The van der Waals surface area contributed by atoms with Crippen molar-refractivity contribution >= 4 is 23.3 Å². The number of aromatic nitrogens is 5. The van der Waals surface area contributed by atoms with Crippen LogP contribution >= 0.6 is 0 Å². The van der Waals surface area contributed by atoms with E-state index in [2.05, 4.69) is 49.1 Å². The molecule has 0 unspecified atom stereocenters. The molecule has 2 amide bonds. The molecule has 1 aliphatic heterocycles. The van der Waals surface area contributed by atoms with E-state index in [9.17, 15) is 9.59 Å². The molecule has 3 N–H and O–H groups in total. The van der Waals surface area contributed by atoms with Crippen molar-refractivity contribution in [3.8, 4) is 5.75 Å². The van der Waals surface area contributed by atoms with Crippen molar-refractivity contribution in [1.29, 1.82) is 0 Å². The van der Waals surface area contributed by atoms with E-state index in [4.69, 9.17) is 4.74 Å². The number of carbonyl (C=O) groups excluding carboxylic acids is 2. The number of rotatable bonds is 10. The largest absolute Gasteiger partial charge is 0.484 e. The number of urea groups is 1. The van der Waals surface area contributed by atoms with Crippen molar-refractivity contribution in [3.05, 3.63) is 77.1 Å². The van der Waals surface area contributed by atoms with Gasteiger partial charge in [0.25, 0.3) is 0 Å². The fraction of sp³-hybridized carbons (Fsp3) is 0.500. The Morgan fingerprint density at radius 3 is 2.60 bits per heavy atom. The van der Waals surface area contributed by atoms with Crippen molar-refractivity contribution in [2.45, 2.75) is 89.3 Å². The van der Waals surface area contributed by atoms with Gasteiger partial charge in [-0.05, 0) is 89.5 Å². The summed E-state index contributed by atoms with van der Waals surface area (Å²) < 4.78 is 8.63. The molecule has 0 bridgehead atoms. The quantitative estimate of drug-likeness (QED) is 0.184. The highest BCUT2D eigenvalue weighted by atomic mass is 16.5. The normalized spacial score (nSPS) is 20.9. The van der Waals surface area contributed by atoms with Gasteiger partial charge in [-0.15, -0.1) is 10.2 Å². The van der Waals surface area contributed by atoms with Gasteiger partial charge in [-0.2, -0.15) is 0 Å². The van der Waals surface area contributed by atoms with Crippen LogP contribution in [0, 0.1) is 0 Å². The van der Waals surface area contributed by atoms with E-state index >= 15 is 0 Å². The Hall–Kier alpha value is -4.42. The van der Waals surface area contributed by atoms with Gasteiger partial charge in [-0.25, -0.2) is 14.8 Å². The molecule has 1 aliphatic carbocycles. The fourth-order valence-corrected chi connectivity index (χ4v) is 6.59. The van der Waals surface area contributed by atoms with Gasteiger partial charge in [-0.3, -0.25) is 14.5 Å². The molecule has 0 radical (unpaired) electrons. The van der Waals surface area contributed by atoms with Crippen LogP contribution in [0.4, 0.5) is 10.6 Å². The van der Waals surface area contributed by atoms with Crippen LogP contribution in [0.25, 0.3) is 5.65 Å². The maximum Gasteiger partial charge on any atom is 0.320 e. The van der Waals surface area contributed by atoms with Crippen molar-refractivity contribution in [3.63, 3.8) is 0 Å². The maximum atomic E-state index is 13.4. The number of fused-ring (bicyclic) bond motifs is 2. The summed E-state index contributed by atoms with van der Waals surface area (Å²) in [4.78, 5) is 37.5. The molecule has 0 spiro atoms. The van der Waals surface area contributed by atoms with Crippen molar-refractivity contribution in [2.24, 2.45) is 0 Å². The third kappa shape index (κ3) is 7.34. The Kier molecular flexibility index (Phi) is 9.48. The Morgan fingerprint density at radius 1 is 1.08 bits per heavy atom. The van der Waals surface area contributed by atoms with Gasteiger partial charge in [0.2, 0.25) is 0 Å². The lowest BCUT2D eigenvalue weighted by atomic mass is 9.85. The molecular weight excluding hydrogens is 606 g/mol. The number of hydrogen-bond donors (Lipinski definition) is 3. The molecule has 2 aliphatic rings. The minimum absolute atomic E-state index is 0.130. The Bertz CT molecular complexity index is 1790. The summed E-state index contributed by atoms with van der Waals surface area (Å²) in [5.74, 6) is 1.92. The van der Waals surface area contributed by atoms with E-state index < -0.39 is 6.03 Å². The second-order valence-electron chi connectivity index (χ2n) is 14.5. The molecule has 3 aromatic heterocycles. The van der Waals surface area contributed by atoms with Crippen LogP contribution in [-0.2, 0) is 11.0 Å². The summed E-state index contributed by atoms with van der Waals surface area (Å²) >= 11 is 0. The lowest BCUT2D eigenvalue weighted by molar-refractivity contribution is 0.0966. The SMILES string of the molecule is CN(C)CCCC(=O)c1nc(NC(=O)N[C@H]2CC[C@@H](Oc3ccc4nnc([C@]5(C)CCCN5)n4c3)c3ccccc32)cc(C(C)(C)C)n1. The number of nitrogens with one attached hydrogen (secondary N) is 3. The first-order chi connectivity index (χ1) is 22.9. The molecule has 12 nitrogen and oxygen atoms in total. The van der Waals surface area contributed by atoms with Crippen molar-refractivity contribution < 1.29 is 14.3 Å². The van der Waals surface area contributed by atoms with Gasteiger partial charge in [0, 0.05) is 17.9 Å². The lowest BCUT2D eigenvalue weighted by Crippen LogP contribution is -2.36. The van der Waals surface area contributed by atoms with Gasteiger partial charge in [-0.1, -0.05) is 45.0 Å². The summed E-state index contributed by atoms with van der Waals surface area (Å²) in [5.41, 5.74) is 2.95. The van der Waals surface area contributed by atoms with Crippen LogP contribution in [0.5, 0.6) is 5.75 Å². The minimum Gasteiger partial charge on any atom is -0.484 e. The zero-order valence-corrected chi connectivity index (χ0v) is 28.8. The number of ether oxygens (including phenoxy) is 1. The lowest BCUT2D eigenvalue weighted by Gasteiger charge is -2.32. The molecule has 12 heteroatoms. The van der Waals surface area contributed by atoms with E-state index in [0.717, 1.165) is 54.3 Å². The number of nitrogens with zero attached hydrogens (tertiary/aromatic N) is 6. The molecule has 48 heavy (non-hydrogen) atoms. The number of anilines is 1. The number of pyridine rings is 1. The van der Waals surface area contributed by atoms with Crippen LogP contribution in [0.15, 0.2) is 48.7 Å². The van der Waals surface area contributed by atoms with Gasteiger partial charge in [0.05, 0.1) is 23.5 Å². The first-order valence-corrected chi connectivity index (χ1v) is 16.9. The Balaban J connectivity index is 1.16. The van der Waals surface area contributed by atoms with Crippen molar-refractivity contribution in [2.75, 3.05) is 32.5 Å². The molecule has 1 fully saturated rings. The summed E-state index contributed by atoms with van der Waals surface area (Å²) in [6, 6.07) is 13.1. The van der Waals surface area contributed by atoms with E-state index in [0.29, 0.717) is 37.2 Å². The molecule has 254 valence electrons. The highest BCUT2D eigenvalue weighted by molar-refractivity contribution is 5.94. The Labute approximate surface area is 282 Å². The van der Waals surface area contributed by atoms with Crippen LogP contribution in [0.3, 0.4) is 0 Å². The number of amides is 2. The third-order valence-electron chi connectivity index (χ3n) is 9.25. The zero-order chi connectivity index (χ0) is 34.1. The van der Waals surface area contributed by atoms with Gasteiger partial charge in [0.1, 0.15) is 17.7 Å². The third-order valence-corrected chi connectivity index (χ3v) is 9.25. The van der Waals surface area contributed by atoms with E-state index in [1.165, 1.54) is 0 Å². The molecule has 3 atom stereocenters. The predicted molar refractivity (Wildman–Crippen MR) is 184 cm³/mol. The first kappa shape index (κ1) is 33.5. The smallest absolute Gasteiger partial charge is 0.320 e. The monoisotopic (exact) mass is 653 g/mol. The average molecular weight is 654 g/mol. The molecule has 6 rings (SSSR count). The highest BCUT2D eigenvalue weighted by Crippen LogP contribution is 2.39. The number of Topliss-reactive ketones (excluding diaryl/α,β-unsaturated/α-hetero) is 1. The molecule has 4 aromatic rings. The number of ketones is 1. The standard InChI is InChI=1S/C36H47N9O3/c1-35(2,3)29-21-30(40-32(39-29)27(46)13-9-20-44(5)6)41-34(47)38-26-15-16-28(25-12-8-7-11-24(25)26)48-23-14-17-31-42-43-33(45(31)22-23)36(4)18-10-19-37-36/h7-8,11-12,14,17,21-22,26,28,37H,9-10,13,15-16,18-20H2,1-6H3,(H2,38,39,40,41,47)/t26-,28+,36-/m0/s1. The summed E-state index contributed by atoms with van der Waals surface area (Å²) in [5, 5.41) is 18.5. The second kappa shape index (κ2) is 13.6. The van der Waals surface area contributed by atoms with Crippen molar-refractivity contribution in [1.82, 2.24) is 40.1 Å². The summed E-state index contributed by atoms with van der Waals surface area (Å²) in [6.45, 7) is 9.99. The molecule has 1 aromatic carbocycles. The average Bonchev–Trinajstić information content (AvgIpc) is 3.68. The van der Waals surface area contributed by atoms with E-state index in [1.807, 2.05) is 80.7 Å². The predicted octanol–water partition coefficient (Wildman–Crippen LogP) is 5.72. The number of hydrogen-bond acceptors (Lipinski definition) is 9. The fourth-order valence-electron chi connectivity index (χ4n) is 6.59. The first-order valence-electron chi connectivity index (χ1n) is 16.9. The van der Waals surface area contributed by atoms with Gasteiger partial charge < -0.3 is 20.3 Å². The topological polar surface area (TPSA) is 139 Å². The minimum atomic E-state index is -0.390. The van der Waals surface area contributed by atoms with Gasteiger partial charge in [0.15, 0.2) is 23.1 Å². The molecule has 0 saturated carbocycles. The molecular formula is C36H47N9O3. The zero-order valence-electron chi connectivity index (χ0n) is 28.8. The molecule has 4 heterocycles. The van der Waals surface area contributed by atoms with Crippen LogP contribution in [0.1, 0.15) is 112 Å². The van der Waals surface area contributed by atoms with Crippen LogP contribution < -0.4 is 20.7 Å². The van der Waals surface area contributed by atoms with Crippen LogP contribution in [0.2, 0.25) is 0 Å². The van der Waals surface area contributed by atoms with Crippen LogP contribution in [-0.4, -0.2) is 68.5 Å². The van der Waals surface area contributed by atoms with E-state index in [-0.39, 0.29) is 34.7 Å². The van der Waals surface area contributed by atoms with E-state index in [1.54, 1.807) is 6.07 Å². The number of carbonyl (C=O) groups is 2. The highest BCUT2D eigenvalue weighted by Gasteiger charge is 2.35. The van der Waals surface area contributed by atoms with Gasteiger partial charge >= 0.3 is 6.03 Å². The Morgan fingerprint density at radius 2 is 1.88 bits per heavy atom. The second-order valence-corrected chi connectivity index (χ2v) is 14.5. The summed E-state index contributed by atoms with van der Waals surface area (Å²) in [7, 11) is 3.95. The molecule has 1 saturated heterocycles.